The van der Waals surface area contributed by atoms with Crippen LogP contribution in [0.15, 0.2) is 42.5 Å². The summed E-state index contributed by atoms with van der Waals surface area (Å²) >= 11 is 1.11. The van der Waals surface area contributed by atoms with Crippen LogP contribution in [0.5, 0.6) is 0 Å². The largest absolute Gasteiger partial charge is 0.382 e. The first-order valence-corrected chi connectivity index (χ1v) is 10.4. The van der Waals surface area contributed by atoms with E-state index in [4.69, 9.17) is 0 Å². The van der Waals surface area contributed by atoms with E-state index < -0.39 is 18.1 Å². The number of aliphatic hydroxyl groups is 1. The standard InChI is InChI=1S/C20H21F2N5O2S/c21-20(22,15-8-4-3-5-9-15)17(28)12-11-16-14-30-19(29)27(16)13-7-2-1-6-10-18-23-25-26-24-18/h3-5,8-9,11-12,16-17,28H,1,6,10,13-14H2,(H,23,24,25,26)/b12-11+. The number of carbonyl (C=O) groups is 1. The Kier molecular flexibility index (Phi) is 7.54. The molecule has 2 unspecified atom stereocenters. The number of halogens is 2. The van der Waals surface area contributed by atoms with Crippen LogP contribution >= 0.6 is 11.8 Å². The predicted octanol–water partition coefficient (Wildman–Crippen LogP) is 2.77. The van der Waals surface area contributed by atoms with Crippen LogP contribution < -0.4 is 0 Å². The van der Waals surface area contributed by atoms with Gasteiger partial charge in [0.05, 0.1) is 12.6 Å². The predicted molar refractivity (Wildman–Crippen MR) is 109 cm³/mol. The van der Waals surface area contributed by atoms with Crippen molar-refractivity contribution >= 4 is 17.0 Å². The van der Waals surface area contributed by atoms with Crippen molar-refractivity contribution in [3.63, 3.8) is 0 Å². The number of rotatable bonds is 8. The number of H-pyrrole nitrogens is 1. The number of alkyl halides is 2. The quantitative estimate of drug-likeness (QED) is 0.378. The van der Waals surface area contributed by atoms with Crippen molar-refractivity contribution in [2.45, 2.75) is 37.3 Å². The van der Waals surface area contributed by atoms with Gasteiger partial charge in [0.25, 0.3) is 5.24 Å². The molecule has 0 aliphatic carbocycles. The number of hydrogen-bond donors (Lipinski definition) is 2. The number of thioether (sulfide) groups is 1. The fourth-order valence-electron chi connectivity index (χ4n) is 2.84. The molecule has 1 fully saturated rings. The second-order valence-corrected chi connectivity index (χ2v) is 7.60. The van der Waals surface area contributed by atoms with Crippen molar-refractivity contribution < 1.29 is 18.7 Å². The summed E-state index contributed by atoms with van der Waals surface area (Å²) in [4.78, 5) is 13.6. The van der Waals surface area contributed by atoms with Crippen molar-refractivity contribution in [1.29, 1.82) is 0 Å². The fraction of sp³-hybridized carbons (Fsp3) is 0.400. The van der Waals surface area contributed by atoms with Gasteiger partial charge in [-0.25, -0.2) is 0 Å². The van der Waals surface area contributed by atoms with Gasteiger partial charge in [0, 0.05) is 24.2 Å². The molecule has 1 aromatic heterocycles. The molecular weight excluding hydrogens is 412 g/mol. The zero-order valence-electron chi connectivity index (χ0n) is 16.0. The van der Waals surface area contributed by atoms with E-state index in [-0.39, 0.29) is 17.3 Å². The van der Waals surface area contributed by atoms with Gasteiger partial charge in [-0.15, -0.1) is 16.1 Å². The SMILES string of the molecule is O=C1SCC(/C=C/C(O)C(F)(F)c2ccccc2)N1CC#CCCCc1nn[nH]n1. The molecule has 1 aliphatic heterocycles. The maximum atomic E-state index is 14.4. The second-order valence-electron chi connectivity index (χ2n) is 6.63. The number of aryl methyl sites for hydroxylation is 1. The molecule has 2 N–H and O–H groups in total. The van der Waals surface area contributed by atoms with E-state index in [0.29, 0.717) is 24.4 Å². The first-order valence-electron chi connectivity index (χ1n) is 9.39. The summed E-state index contributed by atoms with van der Waals surface area (Å²) in [6, 6.07) is 6.77. The summed E-state index contributed by atoms with van der Waals surface area (Å²) in [5, 5.41) is 23.4. The molecule has 1 amide bonds. The lowest BCUT2D eigenvalue weighted by Crippen LogP contribution is -2.33. The zero-order chi connectivity index (χ0) is 21.4. The number of aliphatic hydroxyl groups excluding tert-OH is 1. The van der Waals surface area contributed by atoms with E-state index in [1.807, 2.05) is 0 Å². The average Bonchev–Trinajstić information content (AvgIpc) is 3.39. The van der Waals surface area contributed by atoms with Crippen LogP contribution in [0.2, 0.25) is 0 Å². The minimum atomic E-state index is -3.42. The number of benzene rings is 1. The van der Waals surface area contributed by atoms with Crippen LogP contribution in [0.25, 0.3) is 0 Å². The van der Waals surface area contributed by atoms with Crippen LogP contribution in [0, 0.1) is 11.8 Å². The third-order valence-corrected chi connectivity index (χ3v) is 5.51. The Balaban J connectivity index is 1.52. The summed E-state index contributed by atoms with van der Waals surface area (Å²) in [6.07, 6.45) is 2.56. The van der Waals surface area contributed by atoms with Crippen molar-refractivity contribution in [2.24, 2.45) is 0 Å². The molecule has 3 rings (SSSR count). The number of carbonyl (C=O) groups excluding carboxylic acids is 1. The highest BCUT2D eigenvalue weighted by Crippen LogP contribution is 2.33. The Morgan fingerprint density at radius 3 is 2.90 bits per heavy atom. The Morgan fingerprint density at radius 2 is 2.17 bits per heavy atom. The zero-order valence-corrected chi connectivity index (χ0v) is 16.9. The normalized spacial score (nSPS) is 17.9. The first kappa shape index (κ1) is 21.9. The number of amides is 1. The van der Waals surface area contributed by atoms with Gasteiger partial charge in [-0.3, -0.25) is 4.79 Å². The molecule has 2 aromatic rings. The molecule has 10 heteroatoms. The molecule has 1 aliphatic rings. The molecule has 0 saturated carbocycles. The van der Waals surface area contributed by atoms with Gasteiger partial charge in [0.15, 0.2) is 5.82 Å². The molecule has 0 bridgehead atoms. The number of nitrogens with one attached hydrogen (secondary N) is 1. The summed E-state index contributed by atoms with van der Waals surface area (Å²) in [5.41, 5.74) is -0.262. The molecule has 0 spiro atoms. The Bertz CT molecular complexity index is 912. The number of nitrogens with zero attached hydrogens (tertiary/aromatic N) is 4. The van der Waals surface area contributed by atoms with Crippen molar-refractivity contribution in [3.8, 4) is 11.8 Å². The van der Waals surface area contributed by atoms with Crippen LogP contribution in [-0.4, -0.2) is 60.3 Å². The molecular formula is C20H21F2N5O2S. The third kappa shape index (κ3) is 5.64. The van der Waals surface area contributed by atoms with Gasteiger partial charge in [-0.1, -0.05) is 65.4 Å². The average molecular weight is 433 g/mol. The van der Waals surface area contributed by atoms with E-state index in [9.17, 15) is 18.7 Å². The fourth-order valence-corrected chi connectivity index (χ4v) is 3.81. The lowest BCUT2D eigenvalue weighted by atomic mass is 10.0. The van der Waals surface area contributed by atoms with Crippen LogP contribution in [0.4, 0.5) is 13.6 Å². The lowest BCUT2D eigenvalue weighted by Gasteiger charge is -2.22. The lowest BCUT2D eigenvalue weighted by molar-refractivity contribution is -0.0929. The van der Waals surface area contributed by atoms with E-state index in [0.717, 1.165) is 24.3 Å². The van der Waals surface area contributed by atoms with Crippen LogP contribution in [0.1, 0.15) is 24.2 Å². The molecule has 7 nitrogen and oxygen atoms in total. The van der Waals surface area contributed by atoms with E-state index >= 15 is 0 Å². The highest BCUT2D eigenvalue weighted by molar-refractivity contribution is 8.13. The van der Waals surface area contributed by atoms with Gasteiger partial charge in [-0.2, -0.15) is 14.0 Å². The van der Waals surface area contributed by atoms with Gasteiger partial charge in [0.1, 0.15) is 6.10 Å². The molecule has 1 saturated heterocycles. The Hall–Kier alpha value is -2.77. The number of tetrazole rings is 1. The monoisotopic (exact) mass is 433 g/mol. The van der Waals surface area contributed by atoms with Crippen LogP contribution in [-0.2, 0) is 12.3 Å². The summed E-state index contributed by atoms with van der Waals surface area (Å²) in [5.74, 6) is 3.57. The third-order valence-electron chi connectivity index (χ3n) is 4.52. The number of unbranched alkanes of at least 4 members (excludes halogenated alkanes) is 1. The molecule has 158 valence electrons. The van der Waals surface area contributed by atoms with Crippen molar-refractivity contribution in [3.05, 3.63) is 53.9 Å². The molecule has 2 heterocycles. The van der Waals surface area contributed by atoms with E-state index in [1.54, 1.807) is 6.07 Å². The first-order chi connectivity index (χ1) is 14.5. The topological polar surface area (TPSA) is 95.0 Å². The minimum absolute atomic E-state index is 0.157. The summed E-state index contributed by atoms with van der Waals surface area (Å²) < 4.78 is 28.8. The number of hydrogen-bond acceptors (Lipinski definition) is 6. The van der Waals surface area contributed by atoms with Crippen molar-refractivity contribution in [2.75, 3.05) is 12.3 Å². The van der Waals surface area contributed by atoms with Crippen molar-refractivity contribution in [1.82, 2.24) is 25.5 Å². The van der Waals surface area contributed by atoms with Gasteiger partial charge >= 0.3 is 5.92 Å². The Labute approximate surface area is 176 Å². The number of aromatic nitrogens is 4. The Morgan fingerprint density at radius 1 is 1.37 bits per heavy atom. The van der Waals surface area contributed by atoms with E-state index in [2.05, 4.69) is 32.5 Å². The summed E-state index contributed by atoms with van der Waals surface area (Å²) in [7, 11) is 0. The maximum absolute atomic E-state index is 14.4. The molecule has 30 heavy (non-hydrogen) atoms. The number of aromatic amines is 1. The minimum Gasteiger partial charge on any atom is -0.382 e. The van der Waals surface area contributed by atoms with Gasteiger partial charge in [0.2, 0.25) is 0 Å². The van der Waals surface area contributed by atoms with Gasteiger partial charge in [-0.05, 0) is 6.42 Å². The smallest absolute Gasteiger partial charge is 0.302 e. The summed E-state index contributed by atoms with van der Waals surface area (Å²) in [6.45, 7) is 0.203. The molecule has 0 radical (unpaired) electrons. The molecule has 1 aromatic carbocycles. The highest BCUT2D eigenvalue weighted by Gasteiger charge is 2.39. The molecule has 2 atom stereocenters. The maximum Gasteiger partial charge on any atom is 0.302 e. The van der Waals surface area contributed by atoms with Crippen LogP contribution in [0.3, 0.4) is 0 Å². The van der Waals surface area contributed by atoms with Gasteiger partial charge < -0.3 is 10.0 Å². The van der Waals surface area contributed by atoms with E-state index in [1.165, 1.54) is 35.2 Å². The highest BCUT2D eigenvalue weighted by atomic mass is 32.2. The second kappa shape index (κ2) is 10.3.